The Morgan fingerprint density at radius 1 is 1.11 bits per heavy atom. The minimum absolute atomic E-state index is 0.120. The maximum atomic E-state index is 13.6. The molecule has 0 unspecified atom stereocenters. The van der Waals surface area contributed by atoms with Crippen molar-refractivity contribution in [2.45, 2.75) is 10.6 Å². The summed E-state index contributed by atoms with van der Waals surface area (Å²) in [7, 11) is 0. The molecule has 0 saturated carbocycles. The molecule has 2 N–H and O–H groups in total. The molecule has 2 aromatic carbocycles. The van der Waals surface area contributed by atoms with E-state index >= 15 is 0 Å². The van der Waals surface area contributed by atoms with Gasteiger partial charge in [0.15, 0.2) is 11.6 Å². The summed E-state index contributed by atoms with van der Waals surface area (Å²) in [4.78, 5) is 0.120. The number of benzene rings is 2. The van der Waals surface area contributed by atoms with Crippen LogP contribution in [-0.4, -0.2) is 0 Å². The molecule has 5 heteroatoms. The summed E-state index contributed by atoms with van der Waals surface area (Å²) < 4.78 is 26.7. The lowest BCUT2D eigenvalue weighted by Gasteiger charge is -2.08. The van der Waals surface area contributed by atoms with Crippen LogP contribution in [0.2, 0.25) is 5.02 Å². The molecular formula is C13H10ClF2NS. The van der Waals surface area contributed by atoms with Crippen molar-refractivity contribution in [1.29, 1.82) is 0 Å². The maximum absolute atomic E-state index is 13.6. The smallest absolute Gasteiger partial charge is 0.174 e. The number of hydrogen-bond donors (Lipinski definition) is 1. The van der Waals surface area contributed by atoms with Crippen molar-refractivity contribution >= 4 is 29.1 Å². The molecule has 0 atom stereocenters. The standard InChI is InChI=1S/C13H10ClF2NS/c14-9-4-2-1-3-8(9)7-18-13-11(17)6-5-10(15)12(13)16/h1-6H,7,17H2. The van der Waals surface area contributed by atoms with Gasteiger partial charge in [0.1, 0.15) is 0 Å². The van der Waals surface area contributed by atoms with Crippen LogP contribution in [0.5, 0.6) is 0 Å². The molecule has 2 aromatic rings. The normalized spacial score (nSPS) is 10.6. The van der Waals surface area contributed by atoms with Crippen LogP contribution in [0.3, 0.4) is 0 Å². The van der Waals surface area contributed by atoms with Gasteiger partial charge in [-0.2, -0.15) is 0 Å². The predicted octanol–water partition coefficient (Wildman–Crippen LogP) is 4.49. The van der Waals surface area contributed by atoms with E-state index in [4.69, 9.17) is 17.3 Å². The van der Waals surface area contributed by atoms with Crippen LogP contribution in [0.1, 0.15) is 5.56 Å². The van der Waals surface area contributed by atoms with Gasteiger partial charge in [0.25, 0.3) is 0 Å². The van der Waals surface area contributed by atoms with Gasteiger partial charge in [-0.1, -0.05) is 29.8 Å². The molecule has 0 amide bonds. The molecule has 0 heterocycles. The molecule has 0 aliphatic rings. The van der Waals surface area contributed by atoms with Crippen LogP contribution in [0.4, 0.5) is 14.5 Å². The van der Waals surface area contributed by atoms with Gasteiger partial charge in [-0.25, -0.2) is 8.78 Å². The van der Waals surface area contributed by atoms with E-state index in [1.54, 1.807) is 6.07 Å². The van der Waals surface area contributed by atoms with Gasteiger partial charge in [0.2, 0.25) is 0 Å². The lowest BCUT2D eigenvalue weighted by molar-refractivity contribution is 0.492. The van der Waals surface area contributed by atoms with Crippen LogP contribution in [0.15, 0.2) is 41.3 Å². The van der Waals surface area contributed by atoms with Crippen LogP contribution in [0.25, 0.3) is 0 Å². The molecule has 18 heavy (non-hydrogen) atoms. The number of nitrogens with two attached hydrogens (primary N) is 1. The zero-order valence-electron chi connectivity index (χ0n) is 9.29. The summed E-state index contributed by atoms with van der Waals surface area (Å²) in [6.07, 6.45) is 0. The number of anilines is 1. The Hall–Kier alpha value is -1.26. The summed E-state index contributed by atoms with van der Waals surface area (Å²) in [5, 5.41) is 0.598. The third kappa shape index (κ3) is 2.76. The van der Waals surface area contributed by atoms with E-state index in [9.17, 15) is 8.78 Å². The molecule has 2 rings (SSSR count). The van der Waals surface area contributed by atoms with Crippen molar-refractivity contribution in [3.8, 4) is 0 Å². The first kappa shape index (κ1) is 13.2. The van der Waals surface area contributed by atoms with Crippen molar-refractivity contribution in [2.24, 2.45) is 0 Å². The van der Waals surface area contributed by atoms with E-state index in [0.29, 0.717) is 10.8 Å². The van der Waals surface area contributed by atoms with Crippen molar-refractivity contribution < 1.29 is 8.78 Å². The molecule has 0 bridgehead atoms. The highest BCUT2D eigenvalue weighted by molar-refractivity contribution is 7.98. The minimum atomic E-state index is -0.910. The quantitative estimate of drug-likeness (QED) is 0.664. The molecule has 0 aliphatic heterocycles. The highest BCUT2D eigenvalue weighted by atomic mass is 35.5. The van der Waals surface area contributed by atoms with E-state index < -0.39 is 11.6 Å². The van der Waals surface area contributed by atoms with Gasteiger partial charge in [-0.3, -0.25) is 0 Å². The summed E-state index contributed by atoms with van der Waals surface area (Å²) in [5.41, 5.74) is 6.71. The number of rotatable bonds is 3. The molecular weight excluding hydrogens is 276 g/mol. The van der Waals surface area contributed by atoms with Crippen LogP contribution in [0, 0.1) is 11.6 Å². The fourth-order valence-electron chi connectivity index (χ4n) is 1.46. The van der Waals surface area contributed by atoms with Gasteiger partial charge in [0, 0.05) is 16.5 Å². The van der Waals surface area contributed by atoms with Crippen LogP contribution < -0.4 is 5.73 Å². The summed E-state index contributed by atoms with van der Waals surface area (Å²) in [5.74, 6) is -1.37. The molecule has 0 radical (unpaired) electrons. The van der Waals surface area contributed by atoms with Crippen molar-refractivity contribution in [3.63, 3.8) is 0 Å². The van der Waals surface area contributed by atoms with Crippen molar-refractivity contribution in [3.05, 3.63) is 58.6 Å². The maximum Gasteiger partial charge on any atom is 0.174 e. The second-order valence-corrected chi connectivity index (χ2v) is 5.05. The lowest BCUT2D eigenvalue weighted by Crippen LogP contribution is -1.96. The first-order valence-corrected chi connectivity index (χ1v) is 6.55. The van der Waals surface area contributed by atoms with Gasteiger partial charge in [-0.05, 0) is 23.8 Å². The fraction of sp³-hybridized carbons (Fsp3) is 0.0769. The van der Waals surface area contributed by atoms with Gasteiger partial charge in [-0.15, -0.1) is 11.8 Å². The first-order chi connectivity index (χ1) is 8.59. The predicted molar refractivity (Wildman–Crippen MR) is 71.8 cm³/mol. The molecule has 0 fully saturated rings. The topological polar surface area (TPSA) is 26.0 Å². The largest absolute Gasteiger partial charge is 0.398 e. The van der Waals surface area contributed by atoms with Crippen LogP contribution >= 0.6 is 23.4 Å². The third-order valence-electron chi connectivity index (χ3n) is 2.41. The summed E-state index contributed by atoms with van der Waals surface area (Å²) >= 11 is 7.12. The van der Waals surface area contributed by atoms with Crippen molar-refractivity contribution in [2.75, 3.05) is 5.73 Å². The molecule has 0 aromatic heterocycles. The Morgan fingerprint density at radius 2 is 1.83 bits per heavy atom. The number of thioether (sulfide) groups is 1. The minimum Gasteiger partial charge on any atom is -0.398 e. The van der Waals surface area contributed by atoms with E-state index in [-0.39, 0.29) is 10.6 Å². The van der Waals surface area contributed by atoms with E-state index in [2.05, 4.69) is 0 Å². The molecule has 1 nitrogen and oxygen atoms in total. The second-order valence-electron chi connectivity index (χ2n) is 3.66. The Bertz CT molecular complexity index is 575. The average molecular weight is 286 g/mol. The SMILES string of the molecule is Nc1ccc(F)c(F)c1SCc1ccccc1Cl. The number of nitrogen functional groups attached to an aromatic ring is 1. The van der Waals surface area contributed by atoms with Gasteiger partial charge in [0.05, 0.1) is 4.90 Å². The van der Waals surface area contributed by atoms with Gasteiger partial charge < -0.3 is 5.73 Å². The average Bonchev–Trinajstić information content (AvgIpc) is 2.36. The lowest BCUT2D eigenvalue weighted by atomic mass is 10.2. The molecule has 94 valence electrons. The molecule has 0 aliphatic carbocycles. The molecule has 0 saturated heterocycles. The first-order valence-electron chi connectivity index (χ1n) is 5.19. The monoisotopic (exact) mass is 285 g/mol. The van der Waals surface area contributed by atoms with E-state index in [1.807, 2.05) is 18.2 Å². The Labute approximate surface area is 113 Å². The Balaban J connectivity index is 2.21. The Morgan fingerprint density at radius 3 is 2.56 bits per heavy atom. The number of halogens is 3. The summed E-state index contributed by atoms with van der Waals surface area (Å²) in [6.45, 7) is 0. The Kier molecular flexibility index (Phi) is 4.09. The van der Waals surface area contributed by atoms with E-state index in [0.717, 1.165) is 23.4 Å². The van der Waals surface area contributed by atoms with Gasteiger partial charge >= 0.3 is 0 Å². The second kappa shape index (κ2) is 5.59. The van der Waals surface area contributed by atoms with E-state index in [1.165, 1.54) is 6.07 Å². The summed E-state index contributed by atoms with van der Waals surface area (Å²) in [6, 6.07) is 9.61. The fourth-order valence-corrected chi connectivity index (χ4v) is 2.75. The van der Waals surface area contributed by atoms with Crippen molar-refractivity contribution in [1.82, 2.24) is 0 Å². The number of hydrogen-bond acceptors (Lipinski definition) is 2. The third-order valence-corrected chi connectivity index (χ3v) is 3.94. The zero-order chi connectivity index (χ0) is 13.1. The highest BCUT2D eigenvalue weighted by Gasteiger charge is 2.13. The molecule has 0 spiro atoms. The van der Waals surface area contributed by atoms with Crippen LogP contribution in [-0.2, 0) is 5.75 Å². The zero-order valence-corrected chi connectivity index (χ0v) is 10.9. The highest BCUT2D eigenvalue weighted by Crippen LogP contribution is 2.33.